The summed E-state index contributed by atoms with van der Waals surface area (Å²) in [5, 5.41) is 7.68. The highest BCUT2D eigenvalue weighted by Crippen LogP contribution is 1.72. The van der Waals surface area contributed by atoms with Crippen LogP contribution < -0.4 is 0 Å². The molecule has 0 aliphatic carbocycles. The van der Waals surface area contributed by atoms with E-state index in [4.69, 9.17) is 0 Å². The van der Waals surface area contributed by atoms with E-state index >= 15 is 0 Å². The molecule has 0 radical (unpaired) electrons. The summed E-state index contributed by atoms with van der Waals surface area (Å²) >= 11 is 0. The van der Waals surface area contributed by atoms with Crippen LogP contribution in [0, 0.1) is 0 Å². The summed E-state index contributed by atoms with van der Waals surface area (Å²) in [5.41, 5.74) is 0. The summed E-state index contributed by atoms with van der Waals surface area (Å²) in [4.78, 5) is 1.62. The third-order valence-electron chi connectivity index (χ3n) is 0.749. The first-order valence-corrected chi connectivity index (χ1v) is 3.27. The van der Waals surface area contributed by atoms with Crippen LogP contribution in [0.1, 0.15) is 43.1 Å². The van der Waals surface area contributed by atoms with Crippen molar-refractivity contribution in [2.75, 3.05) is 0 Å². The lowest BCUT2D eigenvalue weighted by atomic mass is 10.8. The first kappa shape index (κ1) is 22.5. The zero-order valence-corrected chi connectivity index (χ0v) is 6.20. The second kappa shape index (κ2) is 16.6. The summed E-state index contributed by atoms with van der Waals surface area (Å²) < 4.78 is 0. The lowest BCUT2D eigenvalue weighted by Crippen LogP contribution is -1.96. The van der Waals surface area contributed by atoms with Gasteiger partial charge >= 0.3 is 0 Å². The Morgan fingerprint density at radius 1 is 1.00 bits per heavy atom. The Morgan fingerprint density at radius 3 is 1.50 bits per heavy atom. The van der Waals surface area contributed by atoms with Crippen molar-refractivity contribution in [3.05, 3.63) is 12.4 Å². The zero-order valence-electron chi connectivity index (χ0n) is 6.20. The van der Waals surface area contributed by atoms with Crippen LogP contribution in [0.4, 0.5) is 0 Å². The largest absolute Gasteiger partial charge is 0.185 e. The maximum Gasteiger partial charge on any atom is 0.0693 e. The van der Waals surface area contributed by atoms with Gasteiger partial charge in [0.05, 0.1) is 18.9 Å². The van der Waals surface area contributed by atoms with Gasteiger partial charge in [0.2, 0.25) is 0 Å². The minimum absolute atomic E-state index is 0. The summed E-state index contributed by atoms with van der Waals surface area (Å²) in [6.45, 7) is 6.85. The lowest BCUT2D eigenvalue weighted by Gasteiger charge is -1.85. The molecule has 0 spiro atoms. The van der Waals surface area contributed by atoms with Gasteiger partial charge in [0, 0.05) is 0 Å². The maximum atomic E-state index is 3.84. The average Bonchev–Trinajstić information content (AvgIpc) is 2.43. The van der Waals surface area contributed by atoms with Crippen LogP contribution in [-0.2, 0) is 6.54 Å². The van der Waals surface area contributed by atoms with Gasteiger partial charge in [0.1, 0.15) is 0 Å². The molecular formula is C9H25N3. The summed E-state index contributed by atoms with van der Waals surface area (Å²) in [6.07, 6.45) is 3.34. The van der Waals surface area contributed by atoms with Crippen LogP contribution >= 0.6 is 0 Å². The van der Waals surface area contributed by atoms with Crippen molar-refractivity contribution in [2.45, 2.75) is 49.6 Å². The second-order valence-electron chi connectivity index (χ2n) is 1.22. The Bertz CT molecular complexity index is 124. The van der Waals surface area contributed by atoms with Gasteiger partial charge in [-0.1, -0.05) is 36.1 Å². The van der Waals surface area contributed by atoms with Crippen molar-refractivity contribution in [3.63, 3.8) is 0 Å². The quantitative estimate of drug-likeness (QED) is 0.656. The summed E-state index contributed by atoms with van der Waals surface area (Å²) in [6, 6.07) is 0. The maximum absolute atomic E-state index is 3.84. The molecule has 12 heavy (non-hydrogen) atoms. The minimum atomic E-state index is 0. The zero-order chi connectivity index (χ0) is 7.11. The molecule has 0 saturated carbocycles. The second-order valence-corrected chi connectivity index (χ2v) is 1.22. The standard InChI is InChI=1S/C4H7N3.C2H6.3CH4/c1-2-7-5-3-4-6-7;1-2;;;/h3-4H,2H2,1H3;1-2H3;3*1H4. The molecule has 0 fully saturated rings. The molecule has 3 heteroatoms. The highest BCUT2D eigenvalue weighted by molar-refractivity contribution is 4.58. The van der Waals surface area contributed by atoms with Crippen LogP contribution in [-0.4, -0.2) is 15.0 Å². The molecule has 0 N–H and O–H groups in total. The molecule has 0 amide bonds. The molecule has 1 aromatic rings. The van der Waals surface area contributed by atoms with Gasteiger partial charge in [-0.05, 0) is 6.92 Å². The molecule has 0 atom stereocenters. The topological polar surface area (TPSA) is 30.7 Å². The van der Waals surface area contributed by atoms with Gasteiger partial charge in [-0.2, -0.15) is 15.0 Å². The fourth-order valence-corrected chi connectivity index (χ4v) is 0.407. The molecule has 1 heterocycles. The van der Waals surface area contributed by atoms with Gasteiger partial charge in [-0.15, -0.1) is 0 Å². The molecule has 0 unspecified atom stereocenters. The molecule has 0 aromatic carbocycles. The Hall–Kier alpha value is -0.860. The molecule has 3 nitrogen and oxygen atoms in total. The Kier molecular flexibility index (Phi) is 31.1. The van der Waals surface area contributed by atoms with E-state index in [1.807, 2.05) is 20.8 Å². The van der Waals surface area contributed by atoms with Crippen LogP contribution in [0.5, 0.6) is 0 Å². The number of aryl methyl sites for hydroxylation is 1. The monoisotopic (exact) mass is 175 g/mol. The Labute approximate surface area is 77.8 Å². The van der Waals surface area contributed by atoms with Crippen LogP contribution in [0.25, 0.3) is 0 Å². The van der Waals surface area contributed by atoms with Gasteiger partial charge in [0.15, 0.2) is 0 Å². The van der Waals surface area contributed by atoms with Crippen molar-refractivity contribution in [3.8, 4) is 0 Å². The van der Waals surface area contributed by atoms with Crippen molar-refractivity contribution in [1.29, 1.82) is 0 Å². The smallest absolute Gasteiger partial charge is 0.0693 e. The molecule has 0 saturated heterocycles. The lowest BCUT2D eigenvalue weighted by molar-refractivity contribution is 0.569. The van der Waals surface area contributed by atoms with E-state index in [0.29, 0.717) is 0 Å². The normalized spacial score (nSPS) is 5.92. The molecule has 1 aromatic heterocycles. The predicted molar refractivity (Wildman–Crippen MR) is 57.2 cm³/mol. The molecule has 0 bridgehead atoms. The van der Waals surface area contributed by atoms with Crippen molar-refractivity contribution < 1.29 is 0 Å². The van der Waals surface area contributed by atoms with Crippen LogP contribution in [0.2, 0.25) is 0 Å². The predicted octanol–water partition coefficient (Wildman–Crippen LogP) is 3.23. The highest BCUT2D eigenvalue weighted by atomic mass is 15.5. The Balaban J connectivity index is -0.0000000600. The van der Waals surface area contributed by atoms with E-state index in [0.717, 1.165) is 6.54 Å². The average molecular weight is 175 g/mol. The summed E-state index contributed by atoms with van der Waals surface area (Å²) in [7, 11) is 0. The molecular weight excluding hydrogens is 150 g/mol. The fraction of sp³-hybridized carbons (Fsp3) is 0.778. The van der Waals surface area contributed by atoms with E-state index in [1.54, 1.807) is 17.2 Å². The van der Waals surface area contributed by atoms with E-state index in [-0.39, 0.29) is 22.3 Å². The number of hydrogen-bond acceptors (Lipinski definition) is 2. The van der Waals surface area contributed by atoms with Gasteiger partial charge < -0.3 is 0 Å². The van der Waals surface area contributed by atoms with Crippen molar-refractivity contribution in [1.82, 2.24) is 15.0 Å². The van der Waals surface area contributed by atoms with Crippen LogP contribution in [0.3, 0.4) is 0 Å². The van der Waals surface area contributed by atoms with Gasteiger partial charge in [-0.3, -0.25) is 0 Å². The fourth-order valence-electron chi connectivity index (χ4n) is 0.407. The third-order valence-corrected chi connectivity index (χ3v) is 0.749. The Morgan fingerprint density at radius 2 is 1.33 bits per heavy atom. The van der Waals surface area contributed by atoms with E-state index in [9.17, 15) is 0 Å². The van der Waals surface area contributed by atoms with Crippen molar-refractivity contribution >= 4 is 0 Å². The molecule has 0 aliphatic heterocycles. The van der Waals surface area contributed by atoms with Gasteiger partial charge in [0.25, 0.3) is 0 Å². The number of nitrogens with zero attached hydrogens (tertiary/aromatic N) is 3. The van der Waals surface area contributed by atoms with E-state index in [2.05, 4.69) is 10.2 Å². The highest BCUT2D eigenvalue weighted by Gasteiger charge is 1.78. The van der Waals surface area contributed by atoms with E-state index < -0.39 is 0 Å². The summed E-state index contributed by atoms with van der Waals surface area (Å²) in [5.74, 6) is 0. The first-order valence-electron chi connectivity index (χ1n) is 3.27. The number of hydrogen-bond donors (Lipinski definition) is 0. The first-order chi connectivity index (χ1) is 4.43. The molecule has 76 valence electrons. The molecule has 0 aliphatic rings. The third kappa shape index (κ3) is 9.14. The van der Waals surface area contributed by atoms with Crippen LogP contribution in [0.15, 0.2) is 12.4 Å². The molecule has 1 rings (SSSR count). The minimum Gasteiger partial charge on any atom is -0.185 e. The van der Waals surface area contributed by atoms with Crippen molar-refractivity contribution in [2.24, 2.45) is 0 Å². The SMILES string of the molecule is C.C.C.CC.CCn1nccn1. The number of rotatable bonds is 1. The van der Waals surface area contributed by atoms with Gasteiger partial charge in [-0.25, -0.2) is 0 Å². The number of aromatic nitrogens is 3. The van der Waals surface area contributed by atoms with E-state index in [1.165, 1.54) is 0 Å².